The lowest BCUT2D eigenvalue weighted by atomic mass is 10.1. The van der Waals surface area contributed by atoms with Crippen LogP contribution in [0.4, 0.5) is 5.69 Å². The number of aryl methyl sites for hydroxylation is 2. The summed E-state index contributed by atoms with van der Waals surface area (Å²) in [6, 6.07) is 23.2. The van der Waals surface area contributed by atoms with E-state index in [-0.39, 0.29) is 24.7 Å². The van der Waals surface area contributed by atoms with Gasteiger partial charge in [0, 0.05) is 18.5 Å². The van der Waals surface area contributed by atoms with Crippen molar-refractivity contribution >= 4 is 23.7 Å². The number of benzene rings is 3. The van der Waals surface area contributed by atoms with Crippen molar-refractivity contribution in [3.63, 3.8) is 0 Å². The molecule has 6 nitrogen and oxygen atoms in total. The Morgan fingerprint density at radius 3 is 2.50 bits per heavy atom. The number of amides is 2. The summed E-state index contributed by atoms with van der Waals surface area (Å²) in [4.78, 5) is 24.1. The fourth-order valence-electron chi connectivity index (χ4n) is 2.97. The summed E-state index contributed by atoms with van der Waals surface area (Å²) in [5, 5.41) is 6.82. The Bertz CT molecular complexity index is 1090. The van der Waals surface area contributed by atoms with E-state index < -0.39 is 0 Å². The van der Waals surface area contributed by atoms with E-state index >= 15 is 0 Å². The first-order chi connectivity index (χ1) is 15.5. The largest absolute Gasteiger partial charge is 0.489 e. The van der Waals surface area contributed by atoms with Crippen LogP contribution in [-0.4, -0.2) is 18.0 Å². The molecule has 6 heteroatoms. The zero-order chi connectivity index (χ0) is 22.8. The second kappa shape index (κ2) is 11.5. The van der Waals surface area contributed by atoms with Gasteiger partial charge in [-0.05, 0) is 54.3 Å². The minimum atomic E-state index is -0.325. The molecule has 0 aromatic heterocycles. The molecule has 0 bridgehead atoms. The molecule has 0 aliphatic carbocycles. The molecule has 0 spiro atoms. The number of anilines is 1. The van der Waals surface area contributed by atoms with Crippen molar-refractivity contribution in [1.82, 2.24) is 5.43 Å². The Hall–Kier alpha value is -3.93. The number of hydrogen-bond acceptors (Lipinski definition) is 4. The maximum atomic E-state index is 12.1. The Morgan fingerprint density at radius 2 is 1.69 bits per heavy atom. The molecule has 0 saturated carbocycles. The summed E-state index contributed by atoms with van der Waals surface area (Å²) in [7, 11) is 0. The molecule has 3 aromatic rings. The molecule has 0 fully saturated rings. The monoisotopic (exact) mass is 429 g/mol. The van der Waals surface area contributed by atoms with Crippen LogP contribution in [0.3, 0.4) is 0 Å². The van der Waals surface area contributed by atoms with Crippen LogP contribution in [0, 0.1) is 13.8 Å². The van der Waals surface area contributed by atoms with E-state index in [1.54, 1.807) is 6.21 Å². The third-order valence-electron chi connectivity index (χ3n) is 4.76. The minimum Gasteiger partial charge on any atom is -0.489 e. The van der Waals surface area contributed by atoms with Crippen LogP contribution < -0.4 is 15.5 Å². The zero-order valence-electron chi connectivity index (χ0n) is 18.3. The number of ether oxygens (including phenoxy) is 1. The van der Waals surface area contributed by atoms with E-state index in [1.165, 1.54) is 0 Å². The lowest BCUT2D eigenvalue weighted by Gasteiger charge is -2.09. The van der Waals surface area contributed by atoms with Crippen LogP contribution in [0.25, 0.3) is 0 Å². The lowest BCUT2D eigenvalue weighted by molar-refractivity contribution is -0.124. The van der Waals surface area contributed by atoms with Crippen LogP contribution in [0.15, 0.2) is 77.9 Å². The average Bonchev–Trinajstić information content (AvgIpc) is 2.80. The standard InChI is InChI=1S/C26H27N3O3/c1-19-11-12-20(2)24(15-19)28-25(30)13-14-26(31)29-27-17-22-9-6-10-23(16-22)32-18-21-7-4-3-5-8-21/h3-12,15-17H,13-14,18H2,1-2H3,(H,28,30)(H,29,31). The molecule has 2 amide bonds. The fourth-order valence-corrected chi connectivity index (χ4v) is 2.97. The van der Waals surface area contributed by atoms with Gasteiger partial charge in [-0.25, -0.2) is 5.43 Å². The van der Waals surface area contributed by atoms with Crippen LogP contribution in [0.2, 0.25) is 0 Å². The number of carbonyl (C=O) groups is 2. The highest BCUT2D eigenvalue weighted by atomic mass is 16.5. The van der Waals surface area contributed by atoms with Gasteiger partial charge in [-0.15, -0.1) is 0 Å². The van der Waals surface area contributed by atoms with E-state index in [0.29, 0.717) is 12.4 Å². The Balaban J connectivity index is 1.42. The summed E-state index contributed by atoms with van der Waals surface area (Å²) in [6.45, 7) is 4.37. The number of nitrogens with zero attached hydrogens (tertiary/aromatic N) is 1. The minimum absolute atomic E-state index is 0.0499. The molecule has 3 aromatic carbocycles. The van der Waals surface area contributed by atoms with E-state index in [4.69, 9.17) is 4.74 Å². The molecule has 0 unspecified atom stereocenters. The molecule has 2 N–H and O–H groups in total. The summed E-state index contributed by atoms with van der Waals surface area (Å²) in [5.74, 6) is 0.183. The van der Waals surface area contributed by atoms with Gasteiger partial charge in [0.25, 0.3) is 0 Å². The second-order valence-electron chi connectivity index (χ2n) is 7.51. The van der Waals surface area contributed by atoms with Crippen molar-refractivity contribution < 1.29 is 14.3 Å². The summed E-state index contributed by atoms with van der Waals surface area (Å²) in [6.07, 6.45) is 1.68. The quantitative estimate of drug-likeness (QED) is 0.380. The van der Waals surface area contributed by atoms with E-state index in [0.717, 1.165) is 27.9 Å². The molecular formula is C26H27N3O3. The van der Waals surface area contributed by atoms with Crippen molar-refractivity contribution in [2.45, 2.75) is 33.3 Å². The van der Waals surface area contributed by atoms with Gasteiger partial charge in [0.15, 0.2) is 0 Å². The van der Waals surface area contributed by atoms with E-state index in [1.807, 2.05) is 86.6 Å². The SMILES string of the molecule is Cc1ccc(C)c(NC(=O)CCC(=O)NN=Cc2cccc(OCc3ccccc3)c2)c1. The highest BCUT2D eigenvalue weighted by Gasteiger charge is 2.08. The van der Waals surface area contributed by atoms with Gasteiger partial charge in [0.1, 0.15) is 12.4 Å². The number of hydrazone groups is 1. The molecule has 32 heavy (non-hydrogen) atoms. The van der Waals surface area contributed by atoms with Crippen LogP contribution in [0.1, 0.15) is 35.1 Å². The molecule has 0 aliphatic rings. The number of carbonyl (C=O) groups excluding carboxylic acids is 2. The van der Waals surface area contributed by atoms with Gasteiger partial charge in [0.05, 0.1) is 6.21 Å². The van der Waals surface area contributed by atoms with Crippen molar-refractivity contribution in [1.29, 1.82) is 0 Å². The molecule has 0 aliphatic heterocycles. The predicted molar refractivity (Wildman–Crippen MR) is 127 cm³/mol. The van der Waals surface area contributed by atoms with E-state index in [2.05, 4.69) is 15.8 Å². The molecule has 0 atom stereocenters. The molecule has 0 saturated heterocycles. The maximum Gasteiger partial charge on any atom is 0.240 e. The predicted octanol–water partition coefficient (Wildman–Crippen LogP) is 4.75. The van der Waals surface area contributed by atoms with Gasteiger partial charge in [-0.3, -0.25) is 9.59 Å². The first kappa shape index (κ1) is 22.7. The van der Waals surface area contributed by atoms with Crippen molar-refractivity contribution in [3.8, 4) is 5.75 Å². The van der Waals surface area contributed by atoms with Gasteiger partial charge in [-0.1, -0.05) is 54.6 Å². The molecular weight excluding hydrogens is 402 g/mol. The average molecular weight is 430 g/mol. The van der Waals surface area contributed by atoms with Crippen molar-refractivity contribution in [3.05, 3.63) is 95.1 Å². The van der Waals surface area contributed by atoms with Gasteiger partial charge in [-0.2, -0.15) is 5.10 Å². The maximum absolute atomic E-state index is 12.1. The van der Waals surface area contributed by atoms with Crippen molar-refractivity contribution in [2.24, 2.45) is 5.10 Å². The highest BCUT2D eigenvalue weighted by molar-refractivity contribution is 5.94. The first-order valence-electron chi connectivity index (χ1n) is 10.5. The molecule has 3 rings (SSSR count). The fraction of sp³-hybridized carbons (Fsp3) is 0.192. The zero-order valence-corrected chi connectivity index (χ0v) is 18.3. The number of hydrogen-bond donors (Lipinski definition) is 2. The highest BCUT2D eigenvalue weighted by Crippen LogP contribution is 2.17. The molecule has 164 valence electrons. The molecule has 0 heterocycles. The first-order valence-corrected chi connectivity index (χ1v) is 10.5. The second-order valence-corrected chi connectivity index (χ2v) is 7.51. The molecule has 0 radical (unpaired) electrons. The Labute approximate surface area is 188 Å². The normalized spacial score (nSPS) is 10.7. The third kappa shape index (κ3) is 7.40. The summed E-state index contributed by atoms with van der Waals surface area (Å²) in [5.41, 5.74) is 7.15. The van der Waals surface area contributed by atoms with Gasteiger partial charge in [0.2, 0.25) is 11.8 Å². The van der Waals surface area contributed by atoms with Crippen molar-refractivity contribution in [2.75, 3.05) is 5.32 Å². The van der Waals surface area contributed by atoms with Crippen LogP contribution in [0.5, 0.6) is 5.75 Å². The number of nitrogens with one attached hydrogen (secondary N) is 2. The Morgan fingerprint density at radius 1 is 0.906 bits per heavy atom. The number of rotatable bonds is 9. The lowest BCUT2D eigenvalue weighted by Crippen LogP contribution is -2.20. The van der Waals surface area contributed by atoms with Gasteiger partial charge < -0.3 is 10.1 Å². The van der Waals surface area contributed by atoms with Gasteiger partial charge >= 0.3 is 0 Å². The topological polar surface area (TPSA) is 79.8 Å². The summed E-state index contributed by atoms with van der Waals surface area (Å²) < 4.78 is 5.80. The van der Waals surface area contributed by atoms with Crippen LogP contribution in [-0.2, 0) is 16.2 Å². The third-order valence-corrected chi connectivity index (χ3v) is 4.76. The van der Waals surface area contributed by atoms with Crippen LogP contribution >= 0.6 is 0 Å². The smallest absolute Gasteiger partial charge is 0.240 e. The van der Waals surface area contributed by atoms with E-state index in [9.17, 15) is 9.59 Å². The summed E-state index contributed by atoms with van der Waals surface area (Å²) >= 11 is 0. The Kier molecular flexibility index (Phi) is 8.15.